The fourth-order valence-electron chi connectivity index (χ4n) is 0.936. The minimum atomic E-state index is -1.05. The summed E-state index contributed by atoms with van der Waals surface area (Å²) < 4.78 is 12.4. The molecule has 72 valence electrons. The van der Waals surface area contributed by atoms with Crippen LogP contribution in [0.3, 0.4) is 0 Å². The second-order valence-electron chi connectivity index (χ2n) is 2.99. The Hall–Kier alpha value is -0.350. The maximum absolute atomic E-state index is 11.6. The third-order valence-electron chi connectivity index (χ3n) is 1.52. The first kappa shape index (κ1) is 10.7. The smallest absolute Gasteiger partial charge is 0.117 e. The first-order valence-electron chi connectivity index (χ1n) is 3.91. The number of aromatic hydroxyl groups is 1. The summed E-state index contributed by atoms with van der Waals surface area (Å²) in [5.41, 5.74) is 0. The van der Waals surface area contributed by atoms with Crippen LogP contribution in [0.5, 0.6) is 5.75 Å². The van der Waals surface area contributed by atoms with Gasteiger partial charge in [-0.1, -0.05) is 29.8 Å². The van der Waals surface area contributed by atoms with Gasteiger partial charge in [-0.3, -0.25) is 4.21 Å². The van der Waals surface area contributed by atoms with E-state index in [1.165, 1.54) is 6.07 Å². The van der Waals surface area contributed by atoms with Crippen LogP contribution in [0, 0.1) is 0 Å². The third kappa shape index (κ3) is 2.81. The number of rotatable bonds is 2. The van der Waals surface area contributed by atoms with Crippen LogP contribution < -0.4 is 0 Å². The molecule has 0 amide bonds. The Balaban J connectivity index is 3.08. The van der Waals surface area contributed by atoms with Crippen molar-refractivity contribution in [3.05, 3.63) is 22.7 Å². The molecule has 1 aromatic rings. The molecule has 0 bridgehead atoms. The molecule has 0 aliphatic heterocycles. The van der Waals surface area contributed by atoms with Crippen molar-refractivity contribution in [1.82, 2.24) is 0 Å². The van der Waals surface area contributed by atoms with E-state index in [-0.39, 0.29) is 11.0 Å². The zero-order valence-corrected chi connectivity index (χ0v) is 9.85. The minimum absolute atomic E-state index is 0.0636. The fourth-order valence-corrected chi connectivity index (χ4v) is 2.59. The van der Waals surface area contributed by atoms with Gasteiger partial charge in [0.15, 0.2) is 0 Å². The van der Waals surface area contributed by atoms with Crippen molar-refractivity contribution >= 4 is 26.7 Å². The van der Waals surface area contributed by atoms with E-state index >= 15 is 0 Å². The Kier molecular flexibility index (Phi) is 3.50. The van der Waals surface area contributed by atoms with E-state index in [1.54, 1.807) is 12.1 Å². The van der Waals surface area contributed by atoms with Crippen LogP contribution in [0.15, 0.2) is 27.6 Å². The molecule has 13 heavy (non-hydrogen) atoms. The predicted octanol–water partition coefficient (Wildman–Crippen LogP) is 2.67. The Bertz CT molecular complexity index is 316. The van der Waals surface area contributed by atoms with Crippen molar-refractivity contribution in [2.45, 2.75) is 24.0 Å². The highest BCUT2D eigenvalue weighted by atomic mass is 79.9. The summed E-state index contributed by atoms with van der Waals surface area (Å²) in [4.78, 5) is 0.655. The maximum atomic E-state index is 11.6. The highest BCUT2D eigenvalue weighted by Gasteiger charge is 2.09. The Morgan fingerprint density at radius 1 is 1.38 bits per heavy atom. The van der Waals surface area contributed by atoms with Crippen LogP contribution in [0.4, 0.5) is 0 Å². The highest BCUT2D eigenvalue weighted by Crippen LogP contribution is 2.23. The monoisotopic (exact) mass is 262 g/mol. The van der Waals surface area contributed by atoms with E-state index in [2.05, 4.69) is 15.9 Å². The molecule has 0 aliphatic carbocycles. The van der Waals surface area contributed by atoms with E-state index in [1.807, 2.05) is 13.8 Å². The molecule has 0 saturated heterocycles. The van der Waals surface area contributed by atoms with Gasteiger partial charge in [0.25, 0.3) is 0 Å². The van der Waals surface area contributed by atoms with Crippen molar-refractivity contribution in [3.63, 3.8) is 0 Å². The lowest BCUT2D eigenvalue weighted by Gasteiger charge is -2.06. The largest absolute Gasteiger partial charge is 0.508 e. The molecule has 1 unspecified atom stereocenters. The van der Waals surface area contributed by atoms with Crippen molar-refractivity contribution in [3.8, 4) is 5.75 Å². The van der Waals surface area contributed by atoms with Gasteiger partial charge < -0.3 is 5.11 Å². The third-order valence-corrected chi connectivity index (χ3v) is 3.53. The van der Waals surface area contributed by atoms with E-state index in [0.29, 0.717) is 4.90 Å². The summed E-state index contributed by atoms with van der Waals surface area (Å²) in [5, 5.41) is 9.32. The van der Waals surface area contributed by atoms with E-state index in [0.717, 1.165) is 4.47 Å². The number of halogens is 1. The van der Waals surface area contributed by atoms with E-state index < -0.39 is 10.8 Å². The predicted molar refractivity (Wildman–Crippen MR) is 57.4 cm³/mol. The van der Waals surface area contributed by atoms with Gasteiger partial charge in [-0.05, 0) is 18.2 Å². The van der Waals surface area contributed by atoms with Crippen molar-refractivity contribution in [1.29, 1.82) is 0 Å². The van der Waals surface area contributed by atoms with Crippen LogP contribution in [0.25, 0.3) is 0 Å². The van der Waals surface area contributed by atoms with Crippen LogP contribution in [-0.2, 0) is 10.8 Å². The van der Waals surface area contributed by atoms with Gasteiger partial charge in [0.1, 0.15) is 5.75 Å². The average molecular weight is 263 g/mol. The molecule has 0 aliphatic rings. The lowest BCUT2D eigenvalue weighted by molar-refractivity contribution is 0.473. The number of hydrogen-bond acceptors (Lipinski definition) is 2. The number of benzene rings is 1. The topological polar surface area (TPSA) is 37.3 Å². The molecule has 0 heterocycles. The molecule has 0 saturated carbocycles. The normalized spacial score (nSPS) is 13.2. The zero-order valence-electron chi connectivity index (χ0n) is 7.45. The zero-order chi connectivity index (χ0) is 10.0. The summed E-state index contributed by atoms with van der Waals surface area (Å²) in [7, 11) is -1.05. The van der Waals surface area contributed by atoms with Gasteiger partial charge >= 0.3 is 0 Å². The Labute approximate surface area is 88.6 Å². The molecular formula is C9H11BrO2S. The lowest BCUT2D eigenvalue weighted by Crippen LogP contribution is -2.05. The van der Waals surface area contributed by atoms with E-state index in [4.69, 9.17) is 0 Å². The summed E-state index contributed by atoms with van der Waals surface area (Å²) in [6.07, 6.45) is 0. The molecule has 1 aromatic carbocycles. The molecule has 0 aromatic heterocycles. The SMILES string of the molecule is CC(C)S(=O)c1cc(O)cc(Br)c1. The summed E-state index contributed by atoms with van der Waals surface area (Å²) in [6.45, 7) is 3.77. The van der Waals surface area contributed by atoms with Gasteiger partial charge in [0.05, 0.1) is 10.8 Å². The second-order valence-corrected chi connectivity index (χ2v) is 5.92. The molecule has 1 atom stereocenters. The molecule has 0 spiro atoms. The average Bonchev–Trinajstić information content (AvgIpc) is 2.01. The maximum Gasteiger partial charge on any atom is 0.117 e. The van der Waals surface area contributed by atoms with Crippen molar-refractivity contribution in [2.24, 2.45) is 0 Å². The molecular weight excluding hydrogens is 252 g/mol. The number of phenolic OH excluding ortho intramolecular Hbond substituents is 1. The van der Waals surface area contributed by atoms with Gasteiger partial charge in [0, 0.05) is 14.6 Å². The lowest BCUT2D eigenvalue weighted by atomic mass is 10.3. The summed E-state index contributed by atoms with van der Waals surface area (Å²) in [5.74, 6) is 0.137. The molecule has 0 radical (unpaired) electrons. The molecule has 0 fully saturated rings. The van der Waals surface area contributed by atoms with Crippen molar-refractivity contribution < 1.29 is 9.32 Å². The van der Waals surface area contributed by atoms with Crippen LogP contribution in [0.1, 0.15) is 13.8 Å². The molecule has 2 nitrogen and oxygen atoms in total. The number of phenols is 1. The van der Waals surface area contributed by atoms with Gasteiger partial charge in [-0.2, -0.15) is 0 Å². The highest BCUT2D eigenvalue weighted by molar-refractivity contribution is 9.10. The summed E-state index contributed by atoms with van der Waals surface area (Å²) >= 11 is 3.24. The van der Waals surface area contributed by atoms with E-state index in [9.17, 15) is 9.32 Å². The molecule has 4 heteroatoms. The first-order valence-corrected chi connectivity index (χ1v) is 5.91. The Morgan fingerprint density at radius 2 is 2.00 bits per heavy atom. The minimum Gasteiger partial charge on any atom is -0.508 e. The van der Waals surface area contributed by atoms with Crippen LogP contribution >= 0.6 is 15.9 Å². The fraction of sp³-hybridized carbons (Fsp3) is 0.333. The number of hydrogen-bond donors (Lipinski definition) is 1. The molecule has 1 rings (SSSR count). The Morgan fingerprint density at radius 3 is 2.46 bits per heavy atom. The van der Waals surface area contributed by atoms with Gasteiger partial charge in [-0.15, -0.1) is 0 Å². The quantitative estimate of drug-likeness (QED) is 0.890. The second kappa shape index (κ2) is 4.24. The first-order chi connectivity index (χ1) is 6.00. The summed E-state index contributed by atoms with van der Waals surface area (Å²) in [6, 6.07) is 4.86. The van der Waals surface area contributed by atoms with Crippen molar-refractivity contribution in [2.75, 3.05) is 0 Å². The van der Waals surface area contributed by atoms with Crippen LogP contribution in [0.2, 0.25) is 0 Å². The molecule has 1 N–H and O–H groups in total. The van der Waals surface area contributed by atoms with Gasteiger partial charge in [0.2, 0.25) is 0 Å². The standard InChI is InChI=1S/C9H11BrO2S/c1-6(2)13(12)9-4-7(10)3-8(11)5-9/h3-6,11H,1-2H3. The van der Waals surface area contributed by atoms with Gasteiger partial charge in [-0.25, -0.2) is 0 Å². The van der Waals surface area contributed by atoms with Crippen LogP contribution in [-0.4, -0.2) is 14.6 Å².